The average molecular weight is 410 g/mol. The number of benzene rings is 2. The van der Waals surface area contributed by atoms with Crippen molar-refractivity contribution in [3.63, 3.8) is 0 Å². The van der Waals surface area contributed by atoms with Gasteiger partial charge < -0.3 is 10.1 Å². The third-order valence-corrected chi connectivity index (χ3v) is 6.48. The molecule has 0 aromatic heterocycles. The predicted molar refractivity (Wildman–Crippen MR) is 112 cm³/mol. The Kier molecular flexibility index (Phi) is 5.02. The average Bonchev–Trinajstić information content (AvgIpc) is 3.06. The molecule has 5 nitrogen and oxygen atoms in total. The standard InChI is InChI=1S/C23H24ClN3O2/c1-23(2)20(10-21(23)29-18-7-6-15(11-25)19(24)9-18)26-22(28)14-4-5-16-12-27(3)13-17(16)8-14/h4-9,20-21H,10,12-13H2,1-3H3,(H,26,28)/t20-,21-/m0/s1. The Labute approximate surface area is 176 Å². The Morgan fingerprint density at radius 3 is 2.69 bits per heavy atom. The fourth-order valence-corrected chi connectivity index (χ4v) is 4.31. The van der Waals surface area contributed by atoms with Gasteiger partial charge in [-0.2, -0.15) is 5.26 Å². The van der Waals surface area contributed by atoms with Gasteiger partial charge in [0.2, 0.25) is 0 Å². The molecule has 0 spiro atoms. The second kappa shape index (κ2) is 7.37. The largest absolute Gasteiger partial charge is 0.490 e. The highest BCUT2D eigenvalue weighted by Gasteiger charge is 2.50. The normalized spacial score (nSPS) is 22.3. The van der Waals surface area contributed by atoms with E-state index in [-0.39, 0.29) is 23.5 Å². The number of nitriles is 1. The first kappa shape index (κ1) is 19.8. The fourth-order valence-electron chi connectivity index (χ4n) is 4.10. The van der Waals surface area contributed by atoms with Crippen LogP contribution >= 0.6 is 11.6 Å². The van der Waals surface area contributed by atoms with Gasteiger partial charge in [-0.3, -0.25) is 9.69 Å². The topological polar surface area (TPSA) is 65.4 Å². The second-order valence-electron chi connectivity index (χ2n) is 8.60. The lowest BCUT2D eigenvalue weighted by Crippen LogP contribution is -2.63. The molecular weight excluding hydrogens is 386 g/mol. The van der Waals surface area contributed by atoms with Crippen LogP contribution in [0.3, 0.4) is 0 Å². The molecule has 1 aliphatic heterocycles. The number of hydrogen-bond donors (Lipinski definition) is 1. The van der Waals surface area contributed by atoms with Crippen LogP contribution in [0.25, 0.3) is 0 Å². The third-order valence-electron chi connectivity index (χ3n) is 6.17. The summed E-state index contributed by atoms with van der Waals surface area (Å²) in [6.07, 6.45) is 0.690. The van der Waals surface area contributed by atoms with E-state index in [2.05, 4.69) is 37.2 Å². The molecule has 1 saturated carbocycles. The fraction of sp³-hybridized carbons (Fsp3) is 0.391. The van der Waals surface area contributed by atoms with Crippen molar-refractivity contribution >= 4 is 17.5 Å². The smallest absolute Gasteiger partial charge is 0.251 e. The van der Waals surface area contributed by atoms with E-state index in [0.717, 1.165) is 19.5 Å². The van der Waals surface area contributed by atoms with Crippen molar-refractivity contribution in [2.24, 2.45) is 5.41 Å². The highest BCUT2D eigenvalue weighted by molar-refractivity contribution is 6.31. The Bertz CT molecular complexity index is 1010. The lowest BCUT2D eigenvalue weighted by atomic mass is 9.64. The molecule has 0 saturated heterocycles. The third kappa shape index (κ3) is 3.71. The molecule has 1 aliphatic carbocycles. The maximum Gasteiger partial charge on any atom is 0.251 e. The lowest BCUT2D eigenvalue weighted by Gasteiger charge is -2.51. The summed E-state index contributed by atoms with van der Waals surface area (Å²) in [4.78, 5) is 15.0. The number of hydrogen-bond acceptors (Lipinski definition) is 4. The van der Waals surface area contributed by atoms with Crippen molar-refractivity contribution in [1.29, 1.82) is 5.26 Å². The number of ether oxygens (including phenoxy) is 1. The highest BCUT2D eigenvalue weighted by Crippen LogP contribution is 2.43. The molecular formula is C23H24ClN3O2. The molecule has 2 aromatic rings. The van der Waals surface area contributed by atoms with Gasteiger partial charge in [0, 0.05) is 42.6 Å². The molecule has 2 aromatic carbocycles. The number of nitrogens with one attached hydrogen (secondary N) is 1. The first-order chi connectivity index (χ1) is 13.8. The Hall–Kier alpha value is -2.55. The van der Waals surface area contributed by atoms with Gasteiger partial charge in [-0.05, 0) is 42.4 Å². The van der Waals surface area contributed by atoms with Crippen LogP contribution in [0.2, 0.25) is 5.02 Å². The molecule has 150 valence electrons. The Morgan fingerprint density at radius 1 is 1.24 bits per heavy atom. The van der Waals surface area contributed by atoms with Crippen LogP contribution in [0.5, 0.6) is 5.75 Å². The van der Waals surface area contributed by atoms with E-state index in [1.165, 1.54) is 11.1 Å². The molecule has 1 amide bonds. The van der Waals surface area contributed by atoms with Crippen LogP contribution in [0.15, 0.2) is 36.4 Å². The van der Waals surface area contributed by atoms with Gasteiger partial charge in [0.15, 0.2) is 0 Å². The predicted octanol–water partition coefficient (Wildman–Crippen LogP) is 4.13. The molecule has 0 bridgehead atoms. The van der Waals surface area contributed by atoms with Crippen LogP contribution in [0.1, 0.15) is 47.3 Å². The quantitative estimate of drug-likeness (QED) is 0.824. The van der Waals surface area contributed by atoms with Crippen molar-refractivity contribution in [1.82, 2.24) is 10.2 Å². The van der Waals surface area contributed by atoms with E-state index in [9.17, 15) is 4.79 Å². The molecule has 2 atom stereocenters. The summed E-state index contributed by atoms with van der Waals surface area (Å²) in [5.74, 6) is 0.597. The Balaban J connectivity index is 1.39. The summed E-state index contributed by atoms with van der Waals surface area (Å²) >= 11 is 6.10. The van der Waals surface area contributed by atoms with Crippen LogP contribution in [0, 0.1) is 16.7 Å². The van der Waals surface area contributed by atoms with Crippen molar-refractivity contribution in [2.75, 3.05) is 7.05 Å². The molecule has 6 heteroatoms. The Morgan fingerprint density at radius 2 is 2.00 bits per heavy atom. The van der Waals surface area contributed by atoms with Crippen LogP contribution < -0.4 is 10.1 Å². The molecule has 29 heavy (non-hydrogen) atoms. The molecule has 0 unspecified atom stereocenters. The number of carbonyl (C=O) groups excluding carboxylic acids is 1. The van der Waals surface area contributed by atoms with Gasteiger partial charge in [0.25, 0.3) is 5.91 Å². The zero-order chi connectivity index (χ0) is 20.8. The zero-order valence-corrected chi connectivity index (χ0v) is 17.6. The minimum Gasteiger partial charge on any atom is -0.490 e. The number of rotatable bonds is 4. The van der Waals surface area contributed by atoms with E-state index in [1.807, 2.05) is 18.2 Å². The zero-order valence-electron chi connectivity index (χ0n) is 16.8. The molecule has 1 heterocycles. The minimum atomic E-state index is -0.215. The molecule has 1 N–H and O–H groups in total. The van der Waals surface area contributed by atoms with Gasteiger partial charge in [0.05, 0.1) is 10.6 Å². The van der Waals surface area contributed by atoms with E-state index >= 15 is 0 Å². The van der Waals surface area contributed by atoms with Gasteiger partial charge in [-0.1, -0.05) is 31.5 Å². The second-order valence-corrected chi connectivity index (χ2v) is 9.01. The number of nitrogens with zero attached hydrogens (tertiary/aromatic N) is 2. The van der Waals surface area contributed by atoms with Gasteiger partial charge in [0.1, 0.15) is 17.9 Å². The van der Waals surface area contributed by atoms with Crippen molar-refractivity contribution in [2.45, 2.75) is 45.5 Å². The summed E-state index contributed by atoms with van der Waals surface area (Å²) in [6, 6.07) is 13.1. The summed E-state index contributed by atoms with van der Waals surface area (Å²) < 4.78 is 6.09. The minimum absolute atomic E-state index is 0.0322. The van der Waals surface area contributed by atoms with Gasteiger partial charge in [-0.15, -0.1) is 0 Å². The monoisotopic (exact) mass is 409 g/mol. The molecule has 2 aliphatic rings. The van der Waals surface area contributed by atoms with Crippen molar-refractivity contribution < 1.29 is 9.53 Å². The van der Waals surface area contributed by atoms with E-state index in [0.29, 0.717) is 21.9 Å². The maximum atomic E-state index is 12.8. The van der Waals surface area contributed by atoms with Crippen molar-refractivity contribution in [3.8, 4) is 11.8 Å². The first-order valence-corrected chi connectivity index (χ1v) is 10.1. The van der Waals surface area contributed by atoms with Gasteiger partial charge in [-0.25, -0.2) is 0 Å². The molecule has 0 radical (unpaired) electrons. The number of carbonyl (C=O) groups is 1. The number of halogens is 1. The SMILES string of the molecule is CN1Cc2ccc(C(=O)N[C@H]3C[C@H](Oc4ccc(C#N)c(Cl)c4)C3(C)C)cc2C1. The van der Waals surface area contributed by atoms with Crippen LogP contribution in [-0.4, -0.2) is 30.0 Å². The summed E-state index contributed by atoms with van der Waals surface area (Å²) in [7, 11) is 2.08. The van der Waals surface area contributed by atoms with Gasteiger partial charge >= 0.3 is 0 Å². The summed E-state index contributed by atoms with van der Waals surface area (Å²) in [6.45, 7) is 6.00. The summed E-state index contributed by atoms with van der Waals surface area (Å²) in [5, 5.41) is 12.5. The number of fused-ring (bicyclic) bond motifs is 1. The molecule has 1 fully saturated rings. The van der Waals surface area contributed by atoms with Crippen molar-refractivity contribution in [3.05, 3.63) is 63.7 Å². The highest BCUT2D eigenvalue weighted by atomic mass is 35.5. The van der Waals surface area contributed by atoms with E-state index in [4.69, 9.17) is 21.6 Å². The first-order valence-electron chi connectivity index (χ1n) is 9.75. The maximum absolute atomic E-state index is 12.8. The summed E-state index contributed by atoms with van der Waals surface area (Å²) in [5.41, 5.74) is 3.44. The van der Waals surface area contributed by atoms with E-state index in [1.54, 1.807) is 18.2 Å². The number of amides is 1. The van der Waals surface area contributed by atoms with E-state index < -0.39 is 0 Å². The lowest BCUT2D eigenvalue weighted by molar-refractivity contribution is -0.0515. The molecule has 4 rings (SSSR count). The van der Waals surface area contributed by atoms with Crippen LogP contribution in [0.4, 0.5) is 0 Å². The van der Waals surface area contributed by atoms with Crippen LogP contribution in [-0.2, 0) is 13.1 Å².